The number of carboxylic acids is 1. The van der Waals surface area contributed by atoms with Gasteiger partial charge in [-0.05, 0) is 82.3 Å². The predicted molar refractivity (Wildman–Crippen MR) is 114 cm³/mol. The predicted octanol–water partition coefficient (Wildman–Crippen LogP) is 5.80. The van der Waals surface area contributed by atoms with Gasteiger partial charge in [0.2, 0.25) is 0 Å². The summed E-state index contributed by atoms with van der Waals surface area (Å²) in [6.45, 7) is 15.9. The zero-order chi connectivity index (χ0) is 21.6. The van der Waals surface area contributed by atoms with Gasteiger partial charge in [0.15, 0.2) is 0 Å². The molecule has 1 aliphatic rings. The molecule has 1 aliphatic carbocycles. The van der Waals surface area contributed by atoms with Crippen LogP contribution in [-0.2, 0) is 10.2 Å². The first-order valence-corrected chi connectivity index (χ1v) is 10.3. The Morgan fingerprint density at radius 1 is 1.32 bits per heavy atom. The normalized spacial score (nSPS) is 17.0. The Morgan fingerprint density at radius 3 is 2.36 bits per heavy atom. The SMILES string of the molecule is C/C(=C(\F)C(=O)[O-])c1cc2c(c(Br)c1OC(C)C)C(C)(C)CC=C2C(C)(C)C. The topological polar surface area (TPSA) is 49.4 Å². The number of ether oxygens (including phenoxy) is 1. The highest BCUT2D eigenvalue weighted by Crippen LogP contribution is 2.52. The fraction of sp³-hybridized carbons (Fsp3) is 0.522. The Balaban J connectivity index is 2.96. The number of halogens is 2. The minimum absolute atomic E-state index is 0.00390. The third-order valence-corrected chi connectivity index (χ3v) is 5.84. The largest absolute Gasteiger partial charge is 0.542 e. The van der Waals surface area contributed by atoms with Crippen molar-refractivity contribution in [3.05, 3.63) is 39.1 Å². The summed E-state index contributed by atoms with van der Waals surface area (Å²) < 4.78 is 21.1. The minimum atomic E-state index is -1.83. The van der Waals surface area contributed by atoms with Crippen molar-refractivity contribution in [1.29, 1.82) is 0 Å². The van der Waals surface area contributed by atoms with Gasteiger partial charge in [-0.3, -0.25) is 0 Å². The lowest BCUT2D eigenvalue weighted by Gasteiger charge is -2.38. The molecule has 154 valence electrons. The number of hydrogen-bond acceptors (Lipinski definition) is 3. The highest BCUT2D eigenvalue weighted by molar-refractivity contribution is 9.10. The second-order valence-corrected chi connectivity index (χ2v) is 10.1. The summed E-state index contributed by atoms with van der Waals surface area (Å²) in [4.78, 5) is 11.1. The van der Waals surface area contributed by atoms with Crippen LogP contribution in [0.15, 0.2) is 22.4 Å². The van der Waals surface area contributed by atoms with Crippen molar-refractivity contribution >= 4 is 33.0 Å². The van der Waals surface area contributed by atoms with Crippen LogP contribution in [0.4, 0.5) is 4.39 Å². The molecule has 0 amide bonds. The molecular formula is C23H29BrFO3-. The van der Waals surface area contributed by atoms with E-state index >= 15 is 0 Å². The van der Waals surface area contributed by atoms with Gasteiger partial charge in [-0.15, -0.1) is 0 Å². The molecule has 0 heterocycles. The third-order valence-electron chi connectivity index (χ3n) is 5.08. The molecule has 0 aromatic heterocycles. The zero-order valence-corrected chi connectivity index (χ0v) is 19.5. The van der Waals surface area contributed by atoms with Crippen LogP contribution in [0.2, 0.25) is 0 Å². The minimum Gasteiger partial charge on any atom is -0.542 e. The van der Waals surface area contributed by atoms with Gasteiger partial charge >= 0.3 is 0 Å². The van der Waals surface area contributed by atoms with Crippen LogP contribution in [0.5, 0.6) is 5.75 Å². The molecule has 5 heteroatoms. The first-order chi connectivity index (χ1) is 12.7. The lowest BCUT2D eigenvalue weighted by molar-refractivity contribution is -0.301. The number of carboxylic acid groups (broad SMARTS) is 1. The number of allylic oxidation sites excluding steroid dienone is 3. The number of rotatable bonds is 4. The molecule has 1 aromatic carbocycles. The lowest BCUT2D eigenvalue weighted by atomic mass is 9.67. The average molecular weight is 452 g/mol. The van der Waals surface area contributed by atoms with Crippen LogP contribution in [0.25, 0.3) is 11.1 Å². The Bertz CT molecular complexity index is 871. The van der Waals surface area contributed by atoms with Crippen molar-refractivity contribution in [3.63, 3.8) is 0 Å². The van der Waals surface area contributed by atoms with Gasteiger partial charge in [-0.2, -0.15) is 0 Å². The van der Waals surface area contributed by atoms with E-state index in [-0.39, 0.29) is 22.5 Å². The van der Waals surface area contributed by atoms with Crippen molar-refractivity contribution < 1.29 is 19.0 Å². The fourth-order valence-corrected chi connectivity index (χ4v) is 4.74. The van der Waals surface area contributed by atoms with Crippen LogP contribution < -0.4 is 9.84 Å². The molecule has 0 fully saturated rings. The van der Waals surface area contributed by atoms with Crippen LogP contribution in [0.1, 0.15) is 78.5 Å². The van der Waals surface area contributed by atoms with Crippen LogP contribution >= 0.6 is 15.9 Å². The standard InChI is InChI=1S/C23H30BrFO3/c1-12(2)28-20-14(13(3)19(25)21(26)27)11-15-16(22(4,5)6)9-10-23(7,8)17(15)18(20)24/h9,11-12H,10H2,1-8H3,(H,26,27)/p-1/b19-13+. The molecule has 0 spiro atoms. The van der Waals surface area contributed by atoms with Crippen LogP contribution in [0.3, 0.4) is 0 Å². The molecule has 3 nitrogen and oxygen atoms in total. The summed E-state index contributed by atoms with van der Waals surface area (Å²) in [6.07, 6.45) is 2.94. The summed E-state index contributed by atoms with van der Waals surface area (Å²) in [7, 11) is 0. The Hall–Kier alpha value is -1.62. The summed E-state index contributed by atoms with van der Waals surface area (Å²) >= 11 is 3.71. The van der Waals surface area contributed by atoms with Crippen molar-refractivity contribution in [3.8, 4) is 5.75 Å². The molecule has 0 atom stereocenters. The molecule has 0 saturated heterocycles. The third kappa shape index (κ3) is 4.19. The second-order valence-electron chi connectivity index (χ2n) is 9.34. The van der Waals surface area contributed by atoms with Crippen molar-refractivity contribution in [2.75, 3.05) is 0 Å². The molecule has 28 heavy (non-hydrogen) atoms. The summed E-state index contributed by atoms with van der Waals surface area (Å²) in [6, 6.07) is 1.87. The van der Waals surface area contributed by atoms with Gasteiger partial charge in [0.05, 0.1) is 10.6 Å². The maximum atomic E-state index is 14.3. The summed E-state index contributed by atoms with van der Waals surface area (Å²) in [5.74, 6) is -2.64. The number of carbonyl (C=O) groups excluding carboxylic acids is 1. The monoisotopic (exact) mass is 451 g/mol. The van der Waals surface area contributed by atoms with E-state index in [4.69, 9.17) is 4.74 Å². The molecule has 0 unspecified atom stereocenters. The van der Waals surface area contributed by atoms with E-state index in [1.165, 1.54) is 6.92 Å². The van der Waals surface area contributed by atoms with Gasteiger partial charge in [-0.1, -0.05) is 40.7 Å². The van der Waals surface area contributed by atoms with Crippen molar-refractivity contribution in [1.82, 2.24) is 0 Å². The zero-order valence-electron chi connectivity index (χ0n) is 17.9. The number of fused-ring (bicyclic) bond motifs is 1. The van der Waals surface area contributed by atoms with E-state index in [9.17, 15) is 14.3 Å². The molecule has 0 bridgehead atoms. The summed E-state index contributed by atoms with van der Waals surface area (Å²) in [5, 5.41) is 11.1. The maximum Gasteiger partial charge on any atom is 0.149 e. The smallest absolute Gasteiger partial charge is 0.149 e. The van der Waals surface area contributed by atoms with Gasteiger partial charge in [0.1, 0.15) is 17.5 Å². The number of hydrogen-bond donors (Lipinski definition) is 0. The molecule has 1 aromatic rings. The quantitative estimate of drug-likeness (QED) is 0.543. The van der Waals surface area contributed by atoms with Gasteiger partial charge in [0.25, 0.3) is 0 Å². The van der Waals surface area contributed by atoms with E-state index in [1.807, 2.05) is 19.9 Å². The second kappa shape index (κ2) is 7.66. The number of carbonyl (C=O) groups is 1. The first-order valence-electron chi connectivity index (χ1n) is 9.51. The fourth-order valence-electron chi connectivity index (χ4n) is 3.69. The van der Waals surface area contributed by atoms with Crippen molar-refractivity contribution in [2.24, 2.45) is 5.41 Å². The van der Waals surface area contributed by atoms with E-state index in [1.54, 1.807) is 0 Å². The molecule has 2 rings (SSSR count). The van der Waals surface area contributed by atoms with E-state index in [0.717, 1.165) is 27.6 Å². The summed E-state index contributed by atoms with van der Waals surface area (Å²) in [5.41, 5.74) is 3.40. The highest BCUT2D eigenvalue weighted by Gasteiger charge is 2.36. The van der Waals surface area contributed by atoms with Crippen molar-refractivity contribution in [2.45, 2.75) is 73.3 Å². The maximum absolute atomic E-state index is 14.3. The molecule has 0 N–H and O–H groups in total. The molecule has 0 radical (unpaired) electrons. The Labute approximate surface area is 175 Å². The van der Waals surface area contributed by atoms with Crippen LogP contribution in [0, 0.1) is 5.41 Å². The van der Waals surface area contributed by atoms with Gasteiger partial charge in [-0.25, -0.2) is 4.39 Å². The van der Waals surface area contributed by atoms with Crippen LogP contribution in [-0.4, -0.2) is 12.1 Å². The van der Waals surface area contributed by atoms with E-state index < -0.39 is 11.8 Å². The molecule has 0 aliphatic heterocycles. The molecule has 0 saturated carbocycles. The van der Waals surface area contributed by atoms with E-state index in [2.05, 4.69) is 56.6 Å². The number of benzene rings is 1. The molecular weight excluding hydrogens is 423 g/mol. The van der Waals surface area contributed by atoms with E-state index in [0.29, 0.717) is 11.3 Å². The lowest BCUT2D eigenvalue weighted by Crippen LogP contribution is -2.27. The number of aliphatic carboxylic acids is 1. The van der Waals surface area contributed by atoms with Gasteiger partial charge in [0, 0.05) is 5.56 Å². The first kappa shape index (κ1) is 22.7. The highest BCUT2D eigenvalue weighted by atomic mass is 79.9. The average Bonchev–Trinajstić information content (AvgIpc) is 2.53. The Morgan fingerprint density at radius 2 is 1.89 bits per heavy atom. The van der Waals surface area contributed by atoms with Gasteiger partial charge < -0.3 is 14.6 Å². The Kier molecular flexibility index (Phi) is 6.20.